The van der Waals surface area contributed by atoms with Crippen molar-refractivity contribution in [3.05, 3.63) is 35.1 Å². The van der Waals surface area contributed by atoms with Crippen LogP contribution in [0.5, 0.6) is 0 Å². The molecule has 1 aromatic rings. The molecule has 0 fully saturated rings. The Kier molecular flexibility index (Phi) is 2.37. The van der Waals surface area contributed by atoms with Gasteiger partial charge in [0.25, 0.3) is 0 Å². The van der Waals surface area contributed by atoms with E-state index in [0.29, 0.717) is 12.1 Å². The van der Waals surface area contributed by atoms with Gasteiger partial charge in [0.1, 0.15) is 17.5 Å². The lowest BCUT2D eigenvalue weighted by atomic mass is 9.86. The molecule has 0 aliphatic rings. The van der Waals surface area contributed by atoms with Gasteiger partial charge in [0.2, 0.25) is 0 Å². The average molecular weight is 188 g/mol. The van der Waals surface area contributed by atoms with Crippen LogP contribution in [0.25, 0.3) is 0 Å². The van der Waals surface area contributed by atoms with Crippen molar-refractivity contribution in [2.45, 2.75) is 26.2 Å². The minimum atomic E-state index is -0.886. The second kappa shape index (κ2) is 3.05. The van der Waals surface area contributed by atoms with Gasteiger partial charge in [-0.25, -0.2) is 13.2 Å². The van der Waals surface area contributed by atoms with Crippen LogP contribution in [0, 0.1) is 17.5 Å². The van der Waals surface area contributed by atoms with Crippen LogP contribution in [0.4, 0.5) is 13.2 Å². The maximum absolute atomic E-state index is 13.1. The zero-order valence-electron chi connectivity index (χ0n) is 7.79. The minimum absolute atomic E-state index is 0.0751. The first kappa shape index (κ1) is 10.1. The van der Waals surface area contributed by atoms with E-state index in [9.17, 15) is 13.2 Å². The zero-order chi connectivity index (χ0) is 10.2. The minimum Gasteiger partial charge on any atom is -0.207 e. The maximum Gasteiger partial charge on any atom is 0.132 e. The summed E-state index contributed by atoms with van der Waals surface area (Å²) in [7, 11) is 0. The summed E-state index contributed by atoms with van der Waals surface area (Å²) >= 11 is 0. The Morgan fingerprint density at radius 1 is 0.923 bits per heavy atom. The van der Waals surface area contributed by atoms with Gasteiger partial charge < -0.3 is 0 Å². The molecule has 1 rings (SSSR count). The first-order valence-corrected chi connectivity index (χ1v) is 3.97. The molecule has 0 spiro atoms. The molecule has 0 saturated carbocycles. The largest absolute Gasteiger partial charge is 0.207 e. The van der Waals surface area contributed by atoms with Crippen LogP contribution in [0.1, 0.15) is 26.3 Å². The Morgan fingerprint density at radius 2 is 1.31 bits per heavy atom. The normalized spacial score (nSPS) is 11.8. The Morgan fingerprint density at radius 3 is 1.62 bits per heavy atom. The lowest BCUT2D eigenvalue weighted by Gasteiger charge is -2.20. The monoisotopic (exact) mass is 188 g/mol. The summed E-state index contributed by atoms with van der Waals surface area (Å²) in [6.45, 7) is 5.02. The molecule has 0 N–H and O–H groups in total. The van der Waals surface area contributed by atoms with Crippen molar-refractivity contribution in [3.8, 4) is 0 Å². The van der Waals surface area contributed by atoms with Crippen molar-refractivity contribution < 1.29 is 13.2 Å². The number of rotatable bonds is 0. The number of hydrogen-bond donors (Lipinski definition) is 0. The Balaban J connectivity index is 3.38. The van der Waals surface area contributed by atoms with Crippen molar-refractivity contribution in [3.63, 3.8) is 0 Å². The van der Waals surface area contributed by atoms with Gasteiger partial charge >= 0.3 is 0 Å². The van der Waals surface area contributed by atoms with Crippen molar-refractivity contribution in [1.29, 1.82) is 0 Å². The first-order chi connectivity index (χ1) is 5.82. The highest BCUT2D eigenvalue weighted by molar-refractivity contribution is 5.27. The third-order valence-electron chi connectivity index (χ3n) is 1.76. The molecule has 0 saturated heterocycles. The van der Waals surface area contributed by atoms with E-state index in [-0.39, 0.29) is 5.56 Å². The second-order valence-corrected chi connectivity index (χ2v) is 3.99. The van der Waals surface area contributed by atoms with Gasteiger partial charge in [-0.2, -0.15) is 0 Å². The predicted molar refractivity (Wildman–Crippen MR) is 45.0 cm³/mol. The van der Waals surface area contributed by atoms with E-state index in [2.05, 4.69) is 0 Å². The van der Waals surface area contributed by atoms with E-state index in [4.69, 9.17) is 0 Å². The molecule has 0 radical (unpaired) electrons. The summed E-state index contributed by atoms with van der Waals surface area (Å²) in [6.07, 6.45) is 0. The van der Waals surface area contributed by atoms with Crippen molar-refractivity contribution in [2.75, 3.05) is 0 Å². The van der Waals surface area contributed by atoms with Gasteiger partial charge in [-0.3, -0.25) is 0 Å². The van der Waals surface area contributed by atoms with Gasteiger partial charge in [0.15, 0.2) is 0 Å². The molecule has 72 valence electrons. The highest BCUT2D eigenvalue weighted by Gasteiger charge is 2.23. The fourth-order valence-corrected chi connectivity index (χ4v) is 1.26. The zero-order valence-corrected chi connectivity index (χ0v) is 7.79. The molecular formula is C10H11F3. The second-order valence-electron chi connectivity index (χ2n) is 3.99. The number of benzene rings is 1. The molecule has 13 heavy (non-hydrogen) atoms. The van der Waals surface area contributed by atoms with Crippen LogP contribution >= 0.6 is 0 Å². The average Bonchev–Trinajstić information content (AvgIpc) is 1.78. The van der Waals surface area contributed by atoms with E-state index in [1.807, 2.05) is 0 Å². The van der Waals surface area contributed by atoms with E-state index >= 15 is 0 Å². The summed E-state index contributed by atoms with van der Waals surface area (Å²) in [5.74, 6) is -2.54. The number of hydrogen-bond acceptors (Lipinski definition) is 0. The van der Waals surface area contributed by atoms with Crippen LogP contribution in [0.3, 0.4) is 0 Å². The van der Waals surface area contributed by atoms with Gasteiger partial charge in [-0.15, -0.1) is 0 Å². The highest BCUT2D eigenvalue weighted by atomic mass is 19.1. The van der Waals surface area contributed by atoms with E-state index < -0.39 is 22.9 Å². The Hall–Kier alpha value is -0.990. The lowest BCUT2D eigenvalue weighted by molar-refractivity contribution is 0.462. The molecular weight excluding hydrogens is 177 g/mol. The molecule has 0 unspecified atom stereocenters. The summed E-state index contributed by atoms with van der Waals surface area (Å²) in [4.78, 5) is 0. The molecule has 1 aromatic carbocycles. The van der Waals surface area contributed by atoms with Crippen LogP contribution < -0.4 is 0 Å². The molecule has 0 bridgehead atoms. The van der Waals surface area contributed by atoms with Gasteiger partial charge in [-0.05, 0) is 5.41 Å². The lowest BCUT2D eigenvalue weighted by Crippen LogP contribution is -2.16. The molecule has 0 heterocycles. The summed E-state index contributed by atoms with van der Waals surface area (Å²) in [5.41, 5.74) is -0.726. The number of halogens is 3. The van der Waals surface area contributed by atoms with E-state index in [1.54, 1.807) is 20.8 Å². The van der Waals surface area contributed by atoms with Crippen LogP contribution in [0.15, 0.2) is 12.1 Å². The van der Waals surface area contributed by atoms with Crippen LogP contribution in [0.2, 0.25) is 0 Å². The van der Waals surface area contributed by atoms with Gasteiger partial charge in [0.05, 0.1) is 0 Å². The molecule has 0 amide bonds. The summed E-state index contributed by atoms with van der Waals surface area (Å²) in [6, 6.07) is 1.40. The molecule has 0 aliphatic heterocycles. The third kappa shape index (κ3) is 2.02. The smallest absolute Gasteiger partial charge is 0.132 e. The van der Waals surface area contributed by atoms with Crippen molar-refractivity contribution >= 4 is 0 Å². The van der Waals surface area contributed by atoms with Crippen molar-refractivity contribution in [2.24, 2.45) is 0 Å². The summed E-state index contributed by atoms with van der Waals surface area (Å²) < 4.78 is 38.8. The van der Waals surface area contributed by atoms with E-state index in [0.717, 1.165) is 0 Å². The molecule has 0 aliphatic carbocycles. The fourth-order valence-electron chi connectivity index (χ4n) is 1.26. The third-order valence-corrected chi connectivity index (χ3v) is 1.76. The topological polar surface area (TPSA) is 0 Å². The molecule has 0 nitrogen and oxygen atoms in total. The van der Waals surface area contributed by atoms with Gasteiger partial charge in [-0.1, -0.05) is 20.8 Å². The quantitative estimate of drug-likeness (QED) is 0.585. The standard InChI is InChI=1S/C10H11F3/c1-10(2,3)9-7(12)4-6(11)5-8(9)13/h4-5H,1-3H3. The first-order valence-electron chi connectivity index (χ1n) is 3.97. The molecule has 3 heteroatoms. The highest BCUT2D eigenvalue weighted by Crippen LogP contribution is 2.28. The Bertz CT molecular complexity index is 300. The van der Waals surface area contributed by atoms with Crippen LogP contribution in [-0.4, -0.2) is 0 Å². The van der Waals surface area contributed by atoms with Crippen LogP contribution in [-0.2, 0) is 5.41 Å². The van der Waals surface area contributed by atoms with Gasteiger partial charge in [0, 0.05) is 17.7 Å². The Labute approximate surface area is 75.4 Å². The predicted octanol–water partition coefficient (Wildman–Crippen LogP) is 3.40. The van der Waals surface area contributed by atoms with Crippen molar-refractivity contribution in [1.82, 2.24) is 0 Å². The maximum atomic E-state index is 13.1. The molecule has 0 atom stereocenters. The molecule has 0 aromatic heterocycles. The fraction of sp³-hybridized carbons (Fsp3) is 0.400. The SMILES string of the molecule is CC(C)(C)c1c(F)cc(F)cc1F. The summed E-state index contributed by atoms with van der Waals surface area (Å²) in [5, 5.41) is 0. The van der Waals surface area contributed by atoms with E-state index in [1.165, 1.54) is 0 Å².